The second-order valence-corrected chi connectivity index (χ2v) is 11.2. The second-order valence-electron chi connectivity index (χ2n) is 11.2. The minimum atomic E-state index is 0. The van der Waals surface area contributed by atoms with E-state index in [-0.39, 0.29) is 7.43 Å². The quantitative estimate of drug-likeness (QED) is 0.186. The first-order valence-electron chi connectivity index (χ1n) is 15.0. The maximum atomic E-state index is 2.29. The lowest BCUT2D eigenvalue weighted by Crippen LogP contribution is -2.29. The molecule has 43 heavy (non-hydrogen) atoms. The molecule has 0 heteroatoms. The fourth-order valence-corrected chi connectivity index (χ4v) is 5.55. The van der Waals surface area contributed by atoms with Crippen LogP contribution in [0.1, 0.15) is 56.0 Å². The Morgan fingerprint density at radius 1 is 0.605 bits per heavy atom. The van der Waals surface area contributed by atoms with E-state index in [2.05, 4.69) is 169 Å². The van der Waals surface area contributed by atoms with Gasteiger partial charge in [0.1, 0.15) is 0 Å². The summed E-state index contributed by atoms with van der Waals surface area (Å²) in [5.74, 6) is 0. The van der Waals surface area contributed by atoms with Gasteiger partial charge in [-0.25, -0.2) is 0 Å². The molecule has 5 aromatic rings. The van der Waals surface area contributed by atoms with Crippen LogP contribution in [0, 0.1) is 27.7 Å². The molecule has 0 nitrogen and oxygen atoms in total. The highest BCUT2D eigenvalue weighted by molar-refractivity contribution is 5.86. The fraction of sp³-hybridized carbons (Fsp3) is 0.209. The van der Waals surface area contributed by atoms with Crippen LogP contribution < -0.4 is 10.4 Å². The molecule has 0 saturated carbocycles. The summed E-state index contributed by atoms with van der Waals surface area (Å²) in [7, 11) is 0. The standard InChI is InChI=1S/C27H28.C15H16.CH4/c1-5-6-7-13-21(3)27-25(18-17-23-14-10-11-16-26(23)27)22(4)19-24-15-9-8-12-20(24)2;1-11-8-6-10-15(13(11)3)14-9-5-4-7-12(14)2;/h5-18H,19H2,1-4H3;4-10H,1-3H3;1H4/b6-5-,13-7-,25-22-,27-21-;;. The summed E-state index contributed by atoms with van der Waals surface area (Å²) < 4.78 is 0. The Labute approximate surface area is 260 Å². The molecule has 0 atom stereocenters. The third-order valence-corrected chi connectivity index (χ3v) is 8.19. The van der Waals surface area contributed by atoms with E-state index in [4.69, 9.17) is 0 Å². The molecule has 5 rings (SSSR count). The van der Waals surface area contributed by atoms with E-state index in [1.165, 1.54) is 71.3 Å². The highest BCUT2D eigenvalue weighted by Gasteiger charge is 2.06. The first-order chi connectivity index (χ1) is 20.3. The Balaban J connectivity index is 0.000000268. The highest BCUT2D eigenvalue weighted by atomic mass is 14.1. The van der Waals surface area contributed by atoms with Crippen LogP contribution >= 0.6 is 0 Å². The third kappa shape index (κ3) is 8.11. The predicted molar refractivity (Wildman–Crippen MR) is 193 cm³/mol. The van der Waals surface area contributed by atoms with Gasteiger partial charge in [0, 0.05) is 0 Å². The average molecular weight is 565 g/mol. The number of aryl methyl sites for hydroxylation is 3. The molecule has 0 radical (unpaired) electrons. The number of allylic oxidation sites excluding steroid dienone is 4. The van der Waals surface area contributed by atoms with Crippen LogP contribution in [0.2, 0.25) is 0 Å². The van der Waals surface area contributed by atoms with Gasteiger partial charge in [0.05, 0.1) is 0 Å². The van der Waals surface area contributed by atoms with E-state index in [0.29, 0.717) is 0 Å². The Bertz CT molecular complexity index is 1860. The first-order valence-corrected chi connectivity index (χ1v) is 15.0. The van der Waals surface area contributed by atoms with E-state index in [1.807, 2.05) is 6.92 Å². The Morgan fingerprint density at radius 3 is 1.95 bits per heavy atom. The molecule has 0 aliphatic carbocycles. The van der Waals surface area contributed by atoms with Crippen molar-refractivity contribution in [1.29, 1.82) is 0 Å². The topological polar surface area (TPSA) is 0 Å². The van der Waals surface area contributed by atoms with Crippen LogP contribution in [-0.4, -0.2) is 0 Å². The van der Waals surface area contributed by atoms with Gasteiger partial charge in [-0.2, -0.15) is 0 Å². The van der Waals surface area contributed by atoms with Gasteiger partial charge >= 0.3 is 0 Å². The zero-order valence-electron chi connectivity index (χ0n) is 26.3. The van der Waals surface area contributed by atoms with Crippen molar-refractivity contribution in [2.45, 2.75) is 62.3 Å². The summed E-state index contributed by atoms with van der Waals surface area (Å²) in [4.78, 5) is 0. The van der Waals surface area contributed by atoms with E-state index in [1.54, 1.807) is 0 Å². The van der Waals surface area contributed by atoms with Gasteiger partial charge in [-0.05, 0) is 121 Å². The molecule has 0 heterocycles. The first kappa shape index (κ1) is 33.1. The maximum Gasteiger partial charge on any atom is -0.00580 e. The number of hydrogen-bond donors (Lipinski definition) is 0. The molecule has 5 aromatic carbocycles. The van der Waals surface area contributed by atoms with Gasteiger partial charge in [0.2, 0.25) is 0 Å². The molecule has 0 aromatic heterocycles. The van der Waals surface area contributed by atoms with Crippen molar-refractivity contribution < 1.29 is 0 Å². The highest BCUT2D eigenvalue weighted by Crippen LogP contribution is 2.27. The predicted octanol–water partition coefficient (Wildman–Crippen LogP) is 10.8. The van der Waals surface area contributed by atoms with Crippen LogP contribution in [0.3, 0.4) is 0 Å². The molecule has 0 aliphatic rings. The number of hydrogen-bond acceptors (Lipinski definition) is 0. The van der Waals surface area contributed by atoms with Gasteiger partial charge < -0.3 is 0 Å². The van der Waals surface area contributed by atoms with Gasteiger partial charge in [0.15, 0.2) is 0 Å². The molecule has 0 N–H and O–H groups in total. The van der Waals surface area contributed by atoms with Crippen molar-refractivity contribution in [3.05, 3.63) is 166 Å². The fourth-order valence-electron chi connectivity index (χ4n) is 5.55. The largest absolute Gasteiger partial charge is 0.0877 e. The number of rotatable bonds is 5. The van der Waals surface area contributed by atoms with E-state index >= 15 is 0 Å². The summed E-state index contributed by atoms with van der Waals surface area (Å²) in [5, 5.41) is 5.31. The van der Waals surface area contributed by atoms with Crippen LogP contribution in [0.5, 0.6) is 0 Å². The smallest absolute Gasteiger partial charge is 0.00580 e. The van der Waals surface area contributed by atoms with Crippen LogP contribution in [0.15, 0.2) is 127 Å². The van der Waals surface area contributed by atoms with E-state index in [9.17, 15) is 0 Å². The number of benzene rings is 5. The van der Waals surface area contributed by atoms with Crippen molar-refractivity contribution in [3.8, 4) is 11.1 Å². The normalized spacial score (nSPS) is 12.5. The zero-order chi connectivity index (χ0) is 30.1. The summed E-state index contributed by atoms with van der Waals surface area (Å²) in [6.45, 7) is 15.2. The van der Waals surface area contributed by atoms with Gasteiger partial charge in [-0.3, -0.25) is 0 Å². The Hall–Kier alpha value is -4.42. The molecular formula is C43H48. The van der Waals surface area contributed by atoms with Crippen molar-refractivity contribution in [1.82, 2.24) is 0 Å². The van der Waals surface area contributed by atoms with E-state index < -0.39 is 0 Å². The molecule has 0 amide bonds. The van der Waals surface area contributed by atoms with Crippen LogP contribution in [0.4, 0.5) is 0 Å². The Morgan fingerprint density at radius 2 is 1.23 bits per heavy atom. The minimum absolute atomic E-state index is 0. The lowest BCUT2D eigenvalue weighted by Gasteiger charge is -2.10. The van der Waals surface area contributed by atoms with Crippen molar-refractivity contribution >= 4 is 21.9 Å². The third-order valence-electron chi connectivity index (χ3n) is 8.19. The van der Waals surface area contributed by atoms with Gasteiger partial charge in [0.25, 0.3) is 0 Å². The van der Waals surface area contributed by atoms with Crippen LogP contribution in [0.25, 0.3) is 33.0 Å². The van der Waals surface area contributed by atoms with Gasteiger partial charge in [-0.15, -0.1) is 0 Å². The summed E-state index contributed by atoms with van der Waals surface area (Å²) in [6.07, 6.45) is 9.45. The molecule has 0 unspecified atom stereocenters. The molecule has 220 valence electrons. The SMILES string of the molecule is C.C\C=C/C=C\C(C)=c1\c(=C(\C)Cc2ccccc2C)ccc2ccccc12.Cc1ccccc1-c1cccc(C)c1C. The molecule has 0 bridgehead atoms. The number of fused-ring (bicyclic) bond motifs is 1. The van der Waals surface area contributed by atoms with Gasteiger partial charge in [-0.1, -0.05) is 140 Å². The lowest BCUT2D eigenvalue weighted by atomic mass is 9.94. The minimum Gasteiger partial charge on any atom is -0.0877 e. The second kappa shape index (κ2) is 15.7. The molecule has 0 fully saturated rings. The molecule has 0 aliphatic heterocycles. The maximum absolute atomic E-state index is 2.29. The van der Waals surface area contributed by atoms with Crippen molar-refractivity contribution in [2.24, 2.45) is 0 Å². The molecule has 0 saturated heterocycles. The average Bonchev–Trinajstić information content (AvgIpc) is 3.00. The van der Waals surface area contributed by atoms with Crippen molar-refractivity contribution in [2.75, 3.05) is 0 Å². The Kier molecular flexibility index (Phi) is 12.1. The molecular weight excluding hydrogens is 516 g/mol. The van der Waals surface area contributed by atoms with Crippen LogP contribution in [-0.2, 0) is 6.42 Å². The zero-order valence-corrected chi connectivity index (χ0v) is 26.3. The lowest BCUT2D eigenvalue weighted by molar-refractivity contribution is 1.20. The monoisotopic (exact) mass is 564 g/mol. The molecule has 0 spiro atoms. The summed E-state index contributed by atoms with van der Waals surface area (Å²) >= 11 is 0. The summed E-state index contributed by atoms with van der Waals surface area (Å²) in [5.41, 5.74) is 12.2. The summed E-state index contributed by atoms with van der Waals surface area (Å²) in [6, 6.07) is 36.9. The van der Waals surface area contributed by atoms with Crippen molar-refractivity contribution in [3.63, 3.8) is 0 Å². The van der Waals surface area contributed by atoms with E-state index in [0.717, 1.165) is 6.42 Å².